The highest BCUT2D eigenvalue weighted by Crippen LogP contribution is 2.47. The molecule has 0 spiro atoms. The molecule has 5 rings (SSSR count). The summed E-state index contributed by atoms with van der Waals surface area (Å²) in [6.07, 6.45) is 6.73. The molecule has 174 valence electrons. The molecule has 0 N–H and O–H groups in total. The molecule has 0 aliphatic carbocycles. The van der Waals surface area contributed by atoms with E-state index in [-0.39, 0.29) is 5.41 Å². The van der Waals surface area contributed by atoms with Gasteiger partial charge >= 0.3 is 0 Å². The van der Waals surface area contributed by atoms with Crippen molar-refractivity contribution in [3.8, 4) is 0 Å². The van der Waals surface area contributed by atoms with E-state index in [1.165, 1.54) is 72.4 Å². The third-order valence-corrected chi connectivity index (χ3v) is 8.79. The smallest absolute Gasteiger partial charge is 0.197 e. The van der Waals surface area contributed by atoms with E-state index in [1.807, 2.05) is 11.3 Å². The summed E-state index contributed by atoms with van der Waals surface area (Å²) < 4.78 is 3.52. The molecule has 0 unspecified atom stereocenters. The quantitative estimate of drug-likeness (QED) is 0.160. The van der Waals surface area contributed by atoms with Gasteiger partial charge in [-0.1, -0.05) is 101 Å². The van der Waals surface area contributed by atoms with Gasteiger partial charge in [-0.15, -0.1) is 18.2 Å². The zero-order valence-corrected chi connectivity index (χ0v) is 22.1. The van der Waals surface area contributed by atoms with Gasteiger partial charge < -0.3 is 0 Å². The summed E-state index contributed by atoms with van der Waals surface area (Å²) in [4.78, 5) is 1.34. The van der Waals surface area contributed by atoms with Crippen molar-refractivity contribution >= 4 is 45.0 Å². The van der Waals surface area contributed by atoms with E-state index in [0.29, 0.717) is 5.92 Å². The number of thiophene rings is 1. The number of aryl methyl sites for hydroxylation is 1. The van der Waals surface area contributed by atoms with Crippen LogP contribution in [0.3, 0.4) is 0 Å². The minimum Gasteiger partial charge on any atom is -0.257 e. The number of hydrogen-bond acceptors (Lipinski definition) is 0. The third-order valence-electron chi connectivity index (χ3n) is 7.51. The van der Waals surface area contributed by atoms with Crippen LogP contribution in [0.5, 0.6) is 0 Å². The average Bonchev–Trinajstić information content (AvgIpc) is 3.19. The second-order valence-corrected chi connectivity index (χ2v) is 11.6. The average molecular weight is 466 g/mol. The van der Waals surface area contributed by atoms with Crippen LogP contribution in [0.1, 0.15) is 86.1 Å². The molecular formula is C32H35NS. The lowest BCUT2D eigenvalue weighted by molar-refractivity contribution is -0.417. The summed E-state index contributed by atoms with van der Waals surface area (Å²) in [7, 11) is 0. The highest BCUT2D eigenvalue weighted by Gasteiger charge is 2.35. The van der Waals surface area contributed by atoms with Crippen molar-refractivity contribution in [3.63, 3.8) is 0 Å². The van der Waals surface area contributed by atoms with Gasteiger partial charge in [0.05, 0.1) is 6.72 Å². The van der Waals surface area contributed by atoms with Gasteiger partial charge in [-0.05, 0) is 44.9 Å². The van der Waals surface area contributed by atoms with Crippen molar-refractivity contribution < 1.29 is 4.58 Å². The molecule has 0 amide bonds. The van der Waals surface area contributed by atoms with Crippen LogP contribution in [0.4, 0.5) is 0 Å². The topological polar surface area (TPSA) is 3.01 Å². The zero-order valence-electron chi connectivity index (χ0n) is 21.3. The summed E-state index contributed by atoms with van der Waals surface area (Å²) in [5, 5.41) is 4.06. The first kappa shape index (κ1) is 22.9. The Labute approximate surface area is 208 Å². The molecule has 1 nitrogen and oxygen atoms in total. The van der Waals surface area contributed by atoms with Gasteiger partial charge in [0.15, 0.2) is 15.6 Å². The van der Waals surface area contributed by atoms with Gasteiger partial charge in [0.2, 0.25) is 0 Å². The van der Waals surface area contributed by atoms with Crippen molar-refractivity contribution in [1.29, 1.82) is 0 Å². The molecule has 1 aliphatic heterocycles. The Hall–Kier alpha value is -2.84. The molecule has 1 aromatic heterocycles. The highest BCUT2D eigenvalue weighted by molar-refractivity contribution is 7.20. The Kier molecular flexibility index (Phi) is 5.68. The molecule has 4 aromatic rings. The van der Waals surface area contributed by atoms with Crippen LogP contribution in [-0.4, -0.2) is 11.3 Å². The largest absolute Gasteiger partial charge is 0.257 e. The van der Waals surface area contributed by atoms with Crippen molar-refractivity contribution in [3.05, 3.63) is 93.5 Å². The van der Waals surface area contributed by atoms with Crippen LogP contribution in [0.2, 0.25) is 0 Å². The summed E-state index contributed by atoms with van der Waals surface area (Å²) in [6, 6.07) is 19.4. The molecule has 2 heteroatoms. The minimum absolute atomic E-state index is 0.0464. The molecule has 0 saturated heterocycles. The fourth-order valence-corrected chi connectivity index (χ4v) is 7.04. The molecule has 2 heterocycles. The first-order valence-electron chi connectivity index (χ1n) is 12.5. The Morgan fingerprint density at radius 2 is 1.71 bits per heavy atom. The Morgan fingerprint density at radius 3 is 2.38 bits per heavy atom. The molecule has 0 radical (unpaired) electrons. The maximum Gasteiger partial charge on any atom is 0.197 e. The third kappa shape index (κ3) is 3.51. The van der Waals surface area contributed by atoms with Crippen molar-refractivity contribution in [1.82, 2.24) is 0 Å². The molecule has 3 aromatic carbocycles. The van der Waals surface area contributed by atoms with Crippen LogP contribution in [0, 0.1) is 13.0 Å². The first-order chi connectivity index (χ1) is 16.3. The van der Waals surface area contributed by atoms with Gasteiger partial charge in [-0.25, -0.2) is 0 Å². The van der Waals surface area contributed by atoms with Crippen LogP contribution < -0.4 is 0 Å². The number of rotatable bonds is 4. The van der Waals surface area contributed by atoms with Gasteiger partial charge in [0.25, 0.3) is 0 Å². The van der Waals surface area contributed by atoms with Crippen molar-refractivity contribution in [2.45, 2.75) is 65.7 Å². The molecule has 0 fully saturated rings. The number of fused-ring (bicyclic) bond motifs is 4. The Morgan fingerprint density at radius 1 is 1.00 bits per heavy atom. The van der Waals surface area contributed by atoms with Crippen LogP contribution in [0.25, 0.3) is 26.9 Å². The first-order valence-corrected chi connectivity index (χ1v) is 13.3. The van der Waals surface area contributed by atoms with E-state index >= 15 is 0 Å². The van der Waals surface area contributed by atoms with Gasteiger partial charge in [-0.2, -0.15) is 0 Å². The van der Waals surface area contributed by atoms with E-state index in [4.69, 9.17) is 0 Å². The van der Waals surface area contributed by atoms with Crippen LogP contribution in [0.15, 0.2) is 54.7 Å². The maximum absolute atomic E-state index is 4.44. The SMILES string of the molecule is C=[N+]1C=Cc2c([s+][c-]3c(C(CC)CC)cccc23)[C-]1c1cc(C(C)(C)C)c2ccccc2c1C. The van der Waals surface area contributed by atoms with Crippen molar-refractivity contribution in [2.75, 3.05) is 0 Å². The van der Waals surface area contributed by atoms with Gasteiger partial charge in [-0.3, -0.25) is 4.58 Å². The number of benzene rings is 3. The molecule has 0 atom stereocenters. The molecule has 0 saturated carbocycles. The molecular weight excluding hydrogens is 430 g/mol. The van der Waals surface area contributed by atoms with Gasteiger partial charge in [0, 0.05) is 0 Å². The molecule has 0 bridgehead atoms. The van der Waals surface area contributed by atoms with E-state index < -0.39 is 0 Å². The maximum atomic E-state index is 4.44. The fourth-order valence-electron chi connectivity index (χ4n) is 5.58. The van der Waals surface area contributed by atoms with Crippen LogP contribution >= 0.6 is 11.3 Å². The fraction of sp³-hybridized carbons (Fsp3) is 0.312. The van der Waals surface area contributed by atoms with E-state index in [0.717, 1.165) is 0 Å². The van der Waals surface area contributed by atoms with E-state index in [9.17, 15) is 0 Å². The monoisotopic (exact) mass is 465 g/mol. The molecule has 34 heavy (non-hydrogen) atoms. The summed E-state index contributed by atoms with van der Waals surface area (Å²) in [5.74, 6) is 0.599. The zero-order chi connectivity index (χ0) is 24.2. The highest BCUT2D eigenvalue weighted by atomic mass is 32.1. The second kappa shape index (κ2) is 8.43. The summed E-state index contributed by atoms with van der Waals surface area (Å²) >= 11 is 1.95. The predicted octanol–water partition coefficient (Wildman–Crippen LogP) is 9.19. The Balaban J connectivity index is 1.80. The van der Waals surface area contributed by atoms with E-state index in [1.54, 1.807) is 0 Å². The van der Waals surface area contributed by atoms with Gasteiger partial charge in [0.1, 0.15) is 17.5 Å². The minimum atomic E-state index is 0.0464. The lowest BCUT2D eigenvalue weighted by Crippen LogP contribution is -2.20. The van der Waals surface area contributed by atoms with Crippen LogP contribution in [-0.2, 0) is 5.41 Å². The predicted molar refractivity (Wildman–Crippen MR) is 150 cm³/mol. The second-order valence-electron chi connectivity index (χ2n) is 10.6. The normalized spacial score (nSPS) is 14.0. The lowest BCUT2D eigenvalue weighted by atomic mass is 9.79. The summed E-state index contributed by atoms with van der Waals surface area (Å²) in [5.41, 5.74) is 6.89. The molecule has 1 aliphatic rings. The standard InChI is InChI=1S/C32H35NS/c1-8-21(9-2)23-15-12-16-25-26-17-18-33(7)29(31(26)34-30(23)25)27-19-28(32(4,5)6)24-14-11-10-13-22(24)20(27)3/h10-19,21H,7-9H2,1-6H3. The Bertz CT molecular complexity index is 1440. The lowest BCUT2D eigenvalue weighted by Gasteiger charge is -2.28. The van der Waals surface area contributed by atoms with Crippen molar-refractivity contribution in [2.24, 2.45) is 0 Å². The number of hydrogen-bond donors (Lipinski definition) is 0. The number of nitrogens with zero attached hydrogens (tertiary/aromatic N) is 1. The summed E-state index contributed by atoms with van der Waals surface area (Å²) in [6.45, 7) is 18.3. The van der Waals surface area contributed by atoms with E-state index in [2.05, 4.69) is 114 Å².